The first kappa shape index (κ1) is 18.5. The number of nitrogens with one attached hydrogen (secondary N) is 1. The monoisotopic (exact) mass is 442 g/mol. The number of aromatic nitrogens is 3. The van der Waals surface area contributed by atoms with Crippen LogP contribution in [-0.4, -0.2) is 34.6 Å². The second-order valence-corrected chi connectivity index (χ2v) is 7.40. The van der Waals surface area contributed by atoms with Crippen molar-refractivity contribution in [2.24, 2.45) is 0 Å². The minimum absolute atomic E-state index is 0.143. The van der Waals surface area contributed by atoms with Crippen molar-refractivity contribution in [3.8, 4) is 17.2 Å². The molecule has 2 aromatic carbocycles. The van der Waals surface area contributed by atoms with Crippen molar-refractivity contribution in [1.82, 2.24) is 20.3 Å². The third-order valence-electron chi connectivity index (χ3n) is 4.72. The lowest BCUT2D eigenvalue weighted by atomic mass is 10.0. The molecule has 28 heavy (non-hydrogen) atoms. The summed E-state index contributed by atoms with van der Waals surface area (Å²) in [5.41, 5.74) is 2.69. The molecular weight excluding hydrogens is 424 g/mol. The molecule has 3 aromatic rings. The number of benzene rings is 2. The third-order valence-corrected chi connectivity index (χ3v) is 5.22. The maximum absolute atomic E-state index is 12.9. The maximum Gasteiger partial charge on any atom is 0.274 e. The van der Waals surface area contributed by atoms with Crippen LogP contribution in [0.5, 0.6) is 11.5 Å². The zero-order chi connectivity index (χ0) is 19.7. The minimum Gasteiger partial charge on any atom is -0.497 e. The van der Waals surface area contributed by atoms with Gasteiger partial charge in [-0.3, -0.25) is 4.79 Å². The van der Waals surface area contributed by atoms with Crippen LogP contribution in [0.4, 0.5) is 0 Å². The number of nitrogens with zero attached hydrogens (tertiary/aromatic N) is 3. The first-order valence-electron chi connectivity index (χ1n) is 8.86. The van der Waals surface area contributed by atoms with Gasteiger partial charge in [0.05, 0.1) is 31.1 Å². The van der Waals surface area contributed by atoms with Crippen molar-refractivity contribution < 1.29 is 14.3 Å². The molecule has 0 radical (unpaired) electrons. The molecule has 1 amide bonds. The lowest BCUT2D eigenvalue weighted by Gasteiger charge is -2.26. The average molecular weight is 443 g/mol. The van der Waals surface area contributed by atoms with Crippen LogP contribution in [-0.2, 0) is 0 Å². The van der Waals surface area contributed by atoms with E-state index in [1.54, 1.807) is 11.8 Å². The van der Waals surface area contributed by atoms with E-state index in [4.69, 9.17) is 9.47 Å². The average Bonchev–Trinajstić information content (AvgIpc) is 3.10. The molecule has 0 spiro atoms. The van der Waals surface area contributed by atoms with Crippen LogP contribution in [0.15, 0.2) is 46.9 Å². The van der Waals surface area contributed by atoms with Crippen LogP contribution in [0, 0.1) is 6.92 Å². The standard InChI is InChI=1S/C20H19BrN4O3/c1-12-19(23-24-25(12)14-4-3-5-15(11-14)27-2)20(26)22-17-8-9-28-18-7-6-13(21)10-16(17)18/h3-7,10-11,17H,8-9H2,1-2H3,(H,22,26). The highest BCUT2D eigenvalue weighted by molar-refractivity contribution is 9.10. The van der Waals surface area contributed by atoms with Gasteiger partial charge in [-0.15, -0.1) is 5.10 Å². The Bertz CT molecular complexity index is 1030. The molecular formula is C20H19BrN4O3. The number of halogens is 1. The van der Waals surface area contributed by atoms with Crippen molar-refractivity contribution in [2.45, 2.75) is 19.4 Å². The summed E-state index contributed by atoms with van der Waals surface area (Å²) < 4.78 is 13.5. The summed E-state index contributed by atoms with van der Waals surface area (Å²) in [6.07, 6.45) is 0.693. The highest BCUT2D eigenvalue weighted by Crippen LogP contribution is 2.34. The van der Waals surface area contributed by atoms with Gasteiger partial charge in [-0.05, 0) is 37.3 Å². The van der Waals surface area contributed by atoms with E-state index >= 15 is 0 Å². The fraction of sp³-hybridized carbons (Fsp3) is 0.250. The SMILES string of the molecule is COc1cccc(-n2nnc(C(=O)NC3CCOc4ccc(Br)cc43)c2C)c1. The van der Waals surface area contributed by atoms with Gasteiger partial charge in [0.15, 0.2) is 5.69 Å². The normalized spacial score (nSPS) is 15.5. The van der Waals surface area contributed by atoms with E-state index in [1.807, 2.05) is 49.4 Å². The van der Waals surface area contributed by atoms with E-state index in [9.17, 15) is 4.79 Å². The number of fused-ring (bicyclic) bond motifs is 1. The molecule has 0 saturated heterocycles. The van der Waals surface area contributed by atoms with Gasteiger partial charge in [0.2, 0.25) is 0 Å². The van der Waals surface area contributed by atoms with Gasteiger partial charge >= 0.3 is 0 Å². The van der Waals surface area contributed by atoms with Gasteiger partial charge in [0.25, 0.3) is 5.91 Å². The van der Waals surface area contributed by atoms with Crippen LogP contribution < -0.4 is 14.8 Å². The van der Waals surface area contributed by atoms with Crippen molar-refractivity contribution in [2.75, 3.05) is 13.7 Å². The summed E-state index contributed by atoms with van der Waals surface area (Å²) in [5, 5.41) is 11.3. The Balaban J connectivity index is 1.59. The molecule has 2 heterocycles. The number of methoxy groups -OCH3 is 1. The van der Waals surface area contributed by atoms with Crippen LogP contribution in [0.25, 0.3) is 5.69 Å². The Kier molecular flexibility index (Phi) is 5.04. The van der Waals surface area contributed by atoms with Crippen molar-refractivity contribution in [3.63, 3.8) is 0 Å². The van der Waals surface area contributed by atoms with E-state index < -0.39 is 0 Å². The minimum atomic E-state index is -0.260. The van der Waals surface area contributed by atoms with Crippen molar-refractivity contribution in [1.29, 1.82) is 0 Å². The first-order chi connectivity index (χ1) is 13.6. The van der Waals surface area contributed by atoms with E-state index in [0.29, 0.717) is 30.2 Å². The van der Waals surface area contributed by atoms with Gasteiger partial charge in [-0.25, -0.2) is 4.68 Å². The number of rotatable bonds is 4. The largest absolute Gasteiger partial charge is 0.497 e. The third kappa shape index (κ3) is 3.47. The molecule has 144 valence electrons. The number of hydrogen-bond acceptors (Lipinski definition) is 5. The lowest BCUT2D eigenvalue weighted by Crippen LogP contribution is -2.32. The quantitative estimate of drug-likeness (QED) is 0.667. The van der Waals surface area contributed by atoms with Crippen molar-refractivity contribution in [3.05, 3.63) is 63.9 Å². The summed E-state index contributed by atoms with van der Waals surface area (Å²) in [5.74, 6) is 1.24. The molecule has 1 unspecified atom stereocenters. The Hall–Kier alpha value is -2.87. The predicted octanol–water partition coefficient (Wildman–Crippen LogP) is 3.60. The molecule has 4 rings (SSSR count). The van der Waals surface area contributed by atoms with Crippen LogP contribution in [0.1, 0.15) is 34.2 Å². The summed E-state index contributed by atoms with van der Waals surface area (Å²) >= 11 is 3.48. The summed E-state index contributed by atoms with van der Waals surface area (Å²) in [6, 6.07) is 13.1. The molecule has 0 fully saturated rings. The molecule has 7 nitrogen and oxygen atoms in total. The highest BCUT2D eigenvalue weighted by Gasteiger charge is 2.26. The Morgan fingerprint density at radius 2 is 2.18 bits per heavy atom. The number of carbonyl (C=O) groups excluding carboxylic acids is 1. The molecule has 0 bridgehead atoms. The summed E-state index contributed by atoms with van der Waals surface area (Å²) in [6.45, 7) is 2.37. The molecule has 1 aliphatic heterocycles. The number of amides is 1. The van der Waals surface area contributed by atoms with Crippen LogP contribution in [0.2, 0.25) is 0 Å². The summed E-state index contributed by atoms with van der Waals surface area (Å²) in [4.78, 5) is 12.9. The molecule has 8 heteroatoms. The predicted molar refractivity (Wildman–Crippen MR) is 107 cm³/mol. The zero-order valence-electron chi connectivity index (χ0n) is 15.5. The second-order valence-electron chi connectivity index (χ2n) is 6.48. The van der Waals surface area contributed by atoms with E-state index in [-0.39, 0.29) is 11.9 Å². The van der Waals surface area contributed by atoms with Crippen molar-refractivity contribution >= 4 is 21.8 Å². The Morgan fingerprint density at radius 1 is 1.32 bits per heavy atom. The Morgan fingerprint density at radius 3 is 3.00 bits per heavy atom. The molecule has 0 aliphatic carbocycles. The molecule has 1 N–H and O–H groups in total. The van der Waals surface area contributed by atoms with Gasteiger partial charge < -0.3 is 14.8 Å². The summed E-state index contributed by atoms with van der Waals surface area (Å²) in [7, 11) is 1.61. The molecule has 1 aromatic heterocycles. The number of hydrogen-bond donors (Lipinski definition) is 1. The molecule has 0 saturated carbocycles. The van der Waals surface area contributed by atoms with E-state index in [0.717, 1.165) is 21.5 Å². The zero-order valence-corrected chi connectivity index (χ0v) is 17.1. The van der Waals surface area contributed by atoms with Gasteiger partial charge in [0, 0.05) is 22.5 Å². The fourth-order valence-electron chi connectivity index (χ4n) is 3.27. The van der Waals surface area contributed by atoms with Gasteiger partial charge in [0.1, 0.15) is 11.5 Å². The number of ether oxygens (including phenoxy) is 2. The first-order valence-corrected chi connectivity index (χ1v) is 9.66. The van der Waals surface area contributed by atoms with Gasteiger partial charge in [-0.2, -0.15) is 0 Å². The smallest absolute Gasteiger partial charge is 0.274 e. The fourth-order valence-corrected chi connectivity index (χ4v) is 3.65. The number of carbonyl (C=O) groups is 1. The molecule has 1 atom stereocenters. The second kappa shape index (κ2) is 7.63. The van der Waals surface area contributed by atoms with Gasteiger partial charge in [-0.1, -0.05) is 27.2 Å². The van der Waals surface area contributed by atoms with Crippen LogP contribution >= 0.6 is 15.9 Å². The van der Waals surface area contributed by atoms with Crippen LogP contribution in [0.3, 0.4) is 0 Å². The maximum atomic E-state index is 12.9. The highest BCUT2D eigenvalue weighted by atomic mass is 79.9. The lowest BCUT2D eigenvalue weighted by molar-refractivity contribution is 0.0919. The van der Waals surface area contributed by atoms with E-state index in [1.165, 1.54) is 0 Å². The topological polar surface area (TPSA) is 78.3 Å². The van der Waals surface area contributed by atoms with E-state index in [2.05, 4.69) is 31.6 Å². The molecule has 1 aliphatic rings. The Labute approximate surface area is 170 Å².